The summed E-state index contributed by atoms with van der Waals surface area (Å²) in [5, 5.41) is -0.790. The summed E-state index contributed by atoms with van der Waals surface area (Å²) in [6, 6.07) is 24.9. The molecule has 0 spiro atoms. The molecule has 7 heterocycles. The van der Waals surface area contributed by atoms with Crippen molar-refractivity contribution in [3.05, 3.63) is 190 Å². The highest BCUT2D eigenvalue weighted by Gasteiger charge is 2.75. The van der Waals surface area contributed by atoms with Crippen LogP contribution in [0.5, 0.6) is 5.75 Å². The van der Waals surface area contributed by atoms with Gasteiger partial charge in [0.05, 0.1) is 147 Å². The van der Waals surface area contributed by atoms with Crippen molar-refractivity contribution in [2.45, 2.75) is 116 Å². The Bertz CT molecular complexity index is 5280. The van der Waals surface area contributed by atoms with Crippen LogP contribution in [0.15, 0.2) is 135 Å². The Hall–Kier alpha value is -11.8. The monoisotopic (exact) mass is 1520 g/mol. The highest BCUT2D eigenvalue weighted by Crippen LogP contribution is 2.60. The Labute approximate surface area is 640 Å². The predicted molar refractivity (Wildman–Crippen MR) is 403 cm³/mol. The lowest BCUT2D eigenvalue weighted by Gasteiger charge is -2.36. The lowest BCUT2D eigenvalue weighted by molar-refractivity contribution is -0.146. The first kappa shape index (κ1) is 75.6. The van der Waals surface area contributed by atoms with E-state index >= 15 is 19.2 Å². The van der Waals surface area contributed by atoms with Crippen molar-refractivity contribution in [2.75, 3.05) is 66.4 Å². The number of fused-ring (bicyclic) bond motifs is 10. The summed E-state index contributed by atoms with van der Waals surface area (Å²) in [5.74, 6) is -20.8. The lowest BCUT2D eigenvalue weighted by Crippen LogP contribution is -2.50. The molecular formula is C84H81N7O21. The molecule has 15 rings (SSSR count). The third-order valence-electron chi connectivity index (χ3n) is 23.1. The number of esters is 3. The standard InChI is InChI=1S/C84H81N7O21/c1-5-6-7-9-28-108-56-19-15-46(16-20-56)47-17-21-57(22-18-47)109-31-13-32-112-84(106)49-36-52(87-72(94)60-42-58-59(43-61(60)73(87)95)71(93)86(3)70(58)92)40-53(37-49)89-78(100)66-67(79(89)101)69-68(66)80(102)91(81(69)103)55-39-50(83(105)110-29-10-8-14-45-23-25-85-26-24-45)38-54(41-55)90-76(98)64-62-63(65(64)77(90)99)75(97)88(74(62)96)51-34-44(2)33-48(35-51)82(104)111-30-12-11-27-107-4/h17-18,21-26,33-43,46,56,62-69H,5-16,19-20,27-32H2,1-4H3. The minimum Gasteiger partial charge on any atom is -0.493 e. The molecule has 0 radical (unpaired) electrons. The van der Waals surface area contributed by atoms with E-state index in [9.17, 15) is 52.7 Å². The Morgan fingerprint density at radius 2 is 0.812 bits per heavy atom. The number of aryl methyl sites for hydroxylation is 2. The van der Waals surface area contributed by atoms with E-state index in [2.05, 4.69) is 11.9 Å². The zero-order valence-electron chi connectivity index (χ0n) is 62.1. The Kier molecular flexibility index (Phi) is 21.1. The van der Waals surface area contributed by atoms with Gasteiger partial charge in [0.1, 0.15) is 5.75 Å². The first-order valence-corrected chi connectivity index (χ1v) is 38.1. The van der Waals surface area contributed by atoms with E-state index in [1.165, 1.54) is 50.1 Å². The number of pyridine rings is 1. The van der Waals surface area contributed by atoms with E-state index < -0.39 is 135 Å². The number of imide groups is 4. The van der Waals surface area contributed by atoms with Crippen LogP contribution in [0.3, 0.4) is 0 Å². The molecule has 3 aliphatic carbocycles. The van der Waals surface area contributed by atoms with Crippen molar-refractivity contribution < 1.29 is 81.2 Å². The molecule has 8 unspecified atom stereocenters. The van der Waals surface area contributed by atoms with Gasteiger partial charge in [0.15, 0.2) is 0 Å². The quantitative estimate of drug-likeness (QED) is 0.0178. The van der Waals surface area contributed by atoms with E-state index in [0.29, 0.717) is 75.2 Å². The summed E-state index contributed by atoms with van der Waals surface area (Å²) in [6.07, 6.45) is 15.2. The molecule has 0 bridgehead atoms. The SMILES string of the molecule is CCCCCCOC1CCC(c2ccc(OCCCOC(=O)c3cc(N4C(=O)C5C6C(=O)N(c7cc(C(=O)OCCCCc8ccncc8)cc(N8C(=O)C9C%10C(=O)N(c%11cc(C)cc(C(=O)OCCCCOC)c%11)C(=O)C%10C9C8=O)c7)C(=O)C6C5C4=O)cc(-n4c(=O)c5cc6c(=O)n(C)c(=O)c6cc5c4=O)c3)cc2)CC1. The van der Waals surface area contributed by atoms with Crippen LogP contribution >= 0.6 is 0 Å². The van der Waals surface area contributed by atoms with Crippen molar-refractivity contribution in [1.82, 2.24) is 14.1 Å². The van der Waals surface area contributed by atoms with Crippen LogP contribution in [0.4, 0.5) is 22.7 Å². The molecule has 8 atom stereocenters. The molecule has 8 amide bonds. The van der Waals surface area contributed by atoms with Gasteiger partial charge in [-0.15, -0.1) is 0 Å². The molecule has 7 aliphatic rings. The summed E-state index contributed by atoms with van der Waals surface area (Å²) in [7, 11) is 2.80. The third-order valence-corrected chi connectivity index (χ3v) is 23.1. The van der Waals surface area contributed by atoms with E-state index in [0.717, 1.165) is 102 Å². The second kappa shape index (κ2) is 31.2. The summed E-state index contributed by atoms with van der Waals surface area (Å²) < 4.78 is 35.6. The van der Waals surface area contributed by atoms with Crippen molar-refractivity contribution in [3.8, 4) is 11.4 Å². The van der Waals surface area contributed by atoms with Gasteiger partial charge in [-0.2, -0.15) is 0 Å². The van der Waals surface area contributed by atoms with Gasteiger partial charge in [0.2, 0.25) is 47.3 Å². The summed E-state index contributed by atoms with van der Waals surface area (Å²) in [5.41, 5.74) is -2.76. The van der Waals surface area contributed by atoms with Crippen molar-refractivity contribution in [1.29, 1.82) is 0 Å². The number of hydrogen-bond donors (Lipinski definition) is 0. The maximum Gasteiger partial charge on any atom is 0.338 e. The second-order valence-corrected chi connectivity index (χ2v) is 29.9. The number of anilines is 4. The number of methoxy groups -OCH3 is 1. The number of unbranched alkanes of at least 4 members (excludes halogenated alkanes) is 5. The molecule has 112 heavy (non-hydrogen) atoms. The fourth-order valence-electron chi connectivity index (χ4n) is 17.4. The van der Waals surface area contributed by atoms with Gasteiger partial charge in [-0.25, -0.2) is 38.6 Å². The molecule has 3 aromatic heterocycles. The molecule has 28 heteroatoms. The number of hydrogen-bond acceptors (Lipinski definition) is 22. The smallest absolute Gasteiger partial charge is 0.338 e. The molecule has 4 saturated heterocycles. The molecule has 3 saturated carbocycles. The van der Waals surface area contributed by atoms with Crippen LogP contribution in [0.2, 0.25) is 0 Å². The zero-order valence-corrected chi connectivity index (χ0v) is 62.1. The Balaban J connectivity index is 0.675. The maximum atomic E-state index is 15.1. The number of nitrogens with zero attached hydrogens (tertiary/aromatic N) is 7. The molecule has 28 nitrogen and oxygen atoms in total. The van der Waals surface area contributed by atoms with Crippen LogP contribution in [-0.4, -0.2) is 132 Å². The van der Waals surface area contributed by atoms with Crippen molar-refractivity contribution in [3.63, 3.8) is 0 Å². The van der Waals surface area contributed by atoms with Gasteiger partial charge in [0.25, 0.3) is 22.2 Å². The average molecular weight is 1520 g/mol. The minimum absolute atomic E-state index is 0.0273. The largest absolute Gasteiger partial charge is 0.493 e. The van der Waals surface area contributed by atoms with E-state index in [4.69, 9.17) is 28.4 Å². The number of benzene rings is 5. The van der Waals surface area contributed by atoms with Gasteiger partial charge in [-0.3, -0.25) is 67.1 Å². The first-order valence-electron chi connectivity index (χ1n) is 38.1. The van der Waals surface area contributed by atoms with Crippen molar-refractivity contribution in [2.24, 2.45) is 54.4 Å². The first-order chi connectivity index (χ1) is 54.1. The van der Waals surface area contributed by atoms with Crippen LogP contribution in [0, 0.1) is 54.3 Å². The predicted octanol–water partition coefficient (Wildman–Crippen LogP) is 8.00. The number of rotatable bonds is 30. The molecule has 0 N–H and O–H groups in total. The van der Waals surface area contributed by atoms with E-state index in [-0.39, 0.29) is 106 Å². The Morgan fingerprint density at radius 3 is 1.28 bits per heavy atom. The van der Waals surface area contributed by atoms with Crippen molar-refractivity contribution >= 4 is 109 Å². The van der Waals surface area contributed by atoms with Crippen LogP contribution in [0.1, 0.15) is 144 Å². The fourth-order valence-corrected chi connectivity index (χ4v) is 17.4. The highest BCUT2D eigenvalue weighted by molar-refractivity contribution is 6.34. The van der Waals surface area contributed by atoms with Gasteiger partial charge in [-0.05, 0) is 185 Å². The highest BCUT2D eigenvalue weighted by atomic mass is 16.5. The molecular weight excluding hydrogens is 1440 g/mol. The Morgan fingerprint density at radius 1 is 0.411 bits per heavy atom. The summed E-state index contributed by atoms with van der Waals surface area (Å²) >= 11 is 0. The zero-order chi connectivity index (χ0) is 78.7. The maximum absolute atomic E-state index is 15.1. The van der Waals surface area contributed by atoms with Crippen LogP contribution in [-0.2, 0) is 75.5 Å². The normalized spacial score (nSPS) is 22.4. The summed E-state index contributed by atoms with van der Waals surface area (Å²) in [6.45, 7) is 4.96. The number of amides is 8. The fraction of sp³-hybridized carbons (Fsp3) is 0.405. The third kappa shape index (κ3) is 13.5. The molecule has 578 valence electrons. The second-order valence-electron chi connectivity index (χ2n) is 29.9. The number of aromatic nitrogens is 3. The molecule has 7 fully saturated rings. The number of ether oxygens (including phenoxy) is 6. The van der Waals surface area contributed by atoms with Gasteiger partial charge in [-0.1, -0.05) is 38.3 Å². The number of carbonyl (C=O) groups excluding carboxylic acids is 11. The van der Waals surface area contributed by atoms with E-state index in [1.54, 1.807) is 26.4 Å². The molecule has 5 aromatic carbocycles. The average Bonchev–Trinajstić information content (AvgIpc) is 1.52. The molecule has 4 aliphatic heterocycles. The topological polar surface area (TPSA) is 347 Å². The molecule has 8 aromatic rings. The number of carbonyl (C=O) groups is 11. The van der Waals surface area contributed by atoms with Gasteiger partial charge >= 0.3 is 17.9 Å². The van der Waals surface area contributed by atoms with Crippen LogP contribution < -0.4 is 46.6 Å². The van der Waals surface area contributed by atoms with Crippen LogP contribution in [0.25, 0.3) is 27.2 Å². The lowest BCUT2D eigenvalue weighted by atomic mass is 9.59. The van der Waals surface area contributed by atoms with E-state index in [1.807, 2.05) is 36.4 Å². The minimum atomic E-state index is -1.53. The summed E-state index contributed by atoms with van der Waals surface area (Å²) in [4.78, 5) is 223. The van der Waals surface area contributed by atoms with Gasteiger partial charge < -0.3 is 28.4 Å². The van der Waals surface area contributed by atoms with Gasteiger partial charge in [0, 0.05) is 46.2 Å².